The summed E-state index contributed by atoms with van der Waals surface area (Å²) in [6.45, 7) is -0.516. The molecular formula is C44H55N2O7-. The highest BCUT2D eigenvalue weighted by molar-refractivity contribution is 5.64. The van der Waals surface area contributed by atoms with Crippen molar-refractivity contribution in [2.75, 3.05) is 7.11 Å². The van der Waals surface area contributed by atoms with Crippen LogP contribution in [0.25, 0.3) is 0 Å². The number of hydrogen-bond donors (Lipinski definition) is 6. The van der Waals surface area contributed by atoms with Gasteiger partial charge in [-0.1, -0.05) is 67.3 Å². The Kier molecular flexibility index (Phi) is 10.6. The molecular weight excluding hydrogens is 668 g/mol. The fourth-order valence-corrected chi connectivity index (χ4v) is 10.6. The lowest BCUT2D eigenvalue weighted by molar-refractivity contribution is -0.154. The molecule has 9 nitrogen and oxygen atoms in total. The normalized spacial score (nSPS) is 31.6. The number of aromatic nitrogens is 1. The van der Waals surface area contributed by atoms with Crippen LogP contribution in [0.4, 0.5) is 0 Å². The Hall–Kier alpha value is -3.76. The second kappa shape index (κ2) is 15.5. The van der Waals surface area contributed by atoms with Gasteiger partial charge in [-0.25, -0.2) is 0 Å². The molecule has 9 atom stereocenters. The molecule has 284 valence electrons. The molecule has 8 rings (SSSR count). The van der Waals surface area contributed by atoms with E-state index in [1.807, 2.05) is 18.2 Å². The van der Waals surface area contributed by atoms with Crippen LogP contribution in [0, 0.1) is 17.8 Å². The standard InChI is InChI=1S/C44H55N2O7/c1-52-44-35(18-25-16-17-45-23-25)41(36(24-47)42(50)43(44)51)40-22-38(49)33-13-10-27(21-39(33)53-40)26-11-15-37(48)34(20-26)32-9-5-6-28-19-30(12-14-31(28)32)46-29-7-3-2-4-8-29/h5,9,11-12,14-17,20,23,27-33,38-40,46-51H,2-4,6-8,10,13,18-19,21-22,24H2,1H3/q-1/t27-,28+,30+,31+,32-,33+,38-,39-,40-/m0/s1. The molecule has 1 saturated heterocycles. The average Bonchev–Trinajstić information content (AvgIpc) is 3.69. The molecule has 6 N–H and O–H groups in total. The van der Waals surface area contributed by atoms with E-state index in [9.17, 15) is 25.5 Å². The minimum atomic E-state index is -0.643. The number of nitrogens with zero attached hydrogens (tertiary/aromatic N) is 1. The Morgan fingerprint density at radius 1 is 0.925 bits per heavy atom. The van der Waals surface area contributed by atoms with Crippen LogP contribution in [0.2, 0.25) is 0 Å². The van der Waals surface area contributed by atoms with Crippen molar-refractivity contribution in [1.29, 1.82) is 0 Å². The highest BCUT2D eigenvalue weighted by atomic mass is 16.5. The number of aromatic hydroxyl groups is 3. The van der Waals surface area contributed by atoms with E-state index in [4.69, 9.17) is 9.47 Å². The van der Waals surface area contributed by atoms with E-state index in [0.717, 1.165) is 36.8 Å². The number of fused-ring (bicyclic) bond motifs is 2. The van der Waals surface area contributed by atoms with Crippen LogP contribution in [-0.4, -0.2) is 56.9 Å². The number of aliphatic hydroxyl groups excluding tert-OH is 2. The van der Waals surface area contributed by atoms with Crippen LogP contribution in [0.1, 0.15) is 122 Å². The first kappa shape index (κ1) is 36.2. The number of phenols is 3. The fourth-order valence-electron chi connectivity index (χ4n) is 10.6. The van der Waals surface area contributed by atoms with Gasteiger partial charge in [-0.05, 0) is 86.3 Å². The molecule has 4 aliphatic carbocycles. The lowest BCUT2D eigenvalue weighted by Gasteiger charge is -2.46. The zero-order chi connectivity index (χ0) is 36.6. The molecule has 53 heavy (non-hydrogen) atoms. The Morgan fingerprint density at radius 3 is 2.55 bits per heavy atom. The predicted octanol–water partition coefficient (Wildman–Crippen LogP) is 7.15. The first-order chi connectivity index (χ1) is 25.8. The van der Waals surface area contributed by atoms with Crippen LogP contribution >= 0.6 is 0 Å². The van der Waals surface area contributed by atoms with Crippen molar-refractivity contribution >= 4 is 0 Å². The van der Waals surface area contributed by atoms with Gasteiger partial charge in [-0.15, -0.1) is 0 Å². The van der Waals surface area contributed by atoms with Crippen molar-refractivity contribution in [2.24, 2.45) is 17.8 Å². The van der Waals surface area contributed by atoms with Crippen LogP contribution in [0.5, 0.6) is 23.0 Å². The van der Waals surface area contributed by atoms with Crippen molar-refractivity contribution in [3.63, 3.8) is 0 Å². The SMILES string of the molecule is COc1c(O)c(O)c(CO)c([C@@H]2C[C@H](O)[C@H]3CC[C@H](c4ccc(O)c([C@H]5C=CC[C@@H]6C[C@H](NC7CCCCC7)C=C[C@H]65)c4)C[C@@H]3O2)c1Cc1cc[n-]c1. The maximum atomic E-state index is 11.6. The topological polar surface area (TPSA) is 146 Å². The zero-order valence-corrected chi connectivity index (χ0v) is 30.7. The Morgan fingerprint density at radius 2 is 1.77 bits per heavy atom. The van der Waals surface area contributed by atoms with Gasteiger partial charge < -0.3 is 45.3 Å². The molecule has 0 radical (unpaired) electrons. The Labute approximate surface area is 312 Å². The third-order valence-electron chi connectivity index (χ3n) is 13.3. The van der Waals surface area contributed by atoms with Crippen molar-refractivity contribution in [3.05, 3.63) is 94.3 Å². The molecule has 5 aliphatic rings. The summed E-state index contributed by atoms with van der Waals surface area (Å²) >= 11 is 0. The second-order valence-electron chi connectivity index (χ2n) is 16.3. The predicted molar refractivity (Wildman–Crippen MR) is 202 cm³/mol. The fraction of sp³-hybridized carbons (Fsp3) is 0.545. The molecule has 1 aromatic heterocycles. The first-order valence-corrected chi connectivity index (χ1v) is 19.9. The number of phenolic OH excluding ortho intramolecular Hbond substituents is 2. The van der Waals surface area contributed by atoms with Gasteiger partial charge in [-0.2, -0.15) is 12.4 Å². The molecule has 1 aliphatic heterocycles. The van der Waals surface area contributed by atoms with Crippen molar-refractivity contribution in [1.82, 2.24) is 10.3 Å². The number of allylic oxidation sites excluding steroid dienone is 3. The van der Waals surface area contributed by atoms with Crippen LogP contribution in [0.3, 0.4) is 0 Å². The molecule has 2 aromatic carbocycles. The summed E-state index contributed by atoms with van der Waals surface area (Å²) in [5.41, 5.74) is 4.35. The van der Waals surface area contributed by atoms with E-state index in [1.165, 1.54) is 44.8 Å². The summed E-state index contributed by atoms with van der Waals surface area (Å²) in [4.78, 5) is 4.19. The average molecular weight is 724 g/mol. The van der Waals surface area contributed by atoms with Gasteiger partial charge in [0.05, 0.1) is 32.0 Å². The zero-order valence-electron chi connectivity index (χ0n) is 30.7. The maximum Gasteiger partial charge on any atom is 0.201 e. The number of ether oxygens (including phenoxy) is 2. The molecule has 3 fully saturated rings. The summed E-state index contributed by atoms with van der Waals surface area (Å²) in [5.74, 6) is 0.706. The quantitative estimate of drug-likeness (QED) is 0.100. The summed E-state index contributed by atoms with van der Waals surface area (Å²) < 4.78 is 12.5. The van der Waals surface area contributed by atoms with Gasteiger partial charge >= 0.3 is 0 Å². The molecule has 0 amide bonds. The number of methoxy groups -OCH3 is 1. The van der Waals surface area contributed by atoms with Gasteiger partial charge in [0.1, 0.15) is 5.75 Å². The number of nitrogens with one attached hydrogen (secondary N) is 1. The van der Waals surface area contributed by atoms with E-state index in [0.29, 0.717) is 60.1 Å². The molecule has 9 heteroatoms. The Balaban J connectivity index is 1.03. The number of rotatable bonds is 9. The molecule has 0 spiro atoms. The van der Waals surface area contributed by atoms with Crippen LogP contribution in [-0.2, 0) is 17.8 Å². The first-order valence-electron chi connectivity index (χ1n) is 19.9. The molecule has 2 saturated carbocycles. The summed E-state index contributed by atoms with van der Waals surface area (Å²) in [6, 6.07) is 9.04. The smallest absolute Gasteiger partial charge is 0.201 e. The maximum absolute atomic E-state index is 11.6. The summed E-state index contributed by atoms with van der Waals surface area (Å²) in [5, 5.41) is 59.2. The lowest BCUT2D eigenvalue weighted by Crippen LogP contribution is -2.44. The van der Waals surface area contributed by atoms with Gasteiger partial charge in [0.2, 0.25) is 5.75 Å². The van der Waals surface area contributed by atoms with Gasteiger partial charge in [0.15, 0.2) is 11.5 Å². The van der Waals surface area contributed by atoms with Crippen LogP contribution < -0.4 is 15.0 Å². The van der Waals surface area contributed by atoms with E-state index in [-0.39, 0.29) is 35.2 Å². The van der Waals surface area contributed by atoms with Gasteiger partial charge in [0, 0.05) is 47.0 Å². The highest BCUT2D eigenvalue weighted by Crippen LogP contribution is 2.53. The van der Waals surface area contributed by atoms with Crippen molar-refractivity contribution in [2.45, 2.75) is 126 Å². The number of hydrogen-bond acceptors (Lipinski definition) is 8. The highest BCUT2D eigenvalue weighted by Gasteiger charge is 2.44. The minimum Gasteiger partial charge on any atom is -0.670 e. The molecule has 2 heterocycles. The lowest BCUT2D eigenvalue weighted by atomic mass is 9.67. The third kappa shape index (κ3) is 7.13. The van der Waals surface area contributed by atoms with Crippen LogP contribution in [0.15, 0.2) is 61.0 Å². The molecule has 3 aromatic rings. The third-order valence-corrected chi connectivity index (χ3v) is 13.3. The van der Waals surface area contributed by atoms with E-state index in [1.54, 1.807) is 12.4 Å². The van der Waals surface area contributed by atoms with E-state index >= 15 is 0 Å². The summed E-state index contributed by atoms with van der Waals surface area (Å²) in [7, 11) is 1.44. The molecule has 0 bridgehead atoms. The van der Waals surface area contributed by atoms with E-state index in [2.05, 4.69) is 40.7 Å². The largest absolute Gasteiger partial charge is 0.670 e. The second-order valence-corrected chi connectivity index (χ2v) is 16.3. The van der Waals surface area contributed by atoms with Crippen molar-refractivity contribution in [3.8, 4) is 23.0 Å². The Bertz CT molecular complexity index is 1800. The monoisotopic (exact) mass is 723 g/mol. The van der Waals surface area contributed by atoms with Gasteiger partial charge in [0.25, 0.3) is 0 Å². The number of benzene rings is 2. The number of aliphatic hydroxyl groups is 2. The van der Waals surface area contributed by atoms with E-state index < -0.39 is 30.3 Å². The molecule has 0 unspecified atom stereocenters. The van der Waals surface area contributed by atoms with Crippen molar-refractivity contribution < 1.29 is 35.0 Å². The minimum absolute atomic E-state index is 0.0448. The summed E-state index contributed by atoms with van der Waals surface area (Å²) in [6.07, 6.45) is 23.1. The van der Waals surface area contributed by atoms with Gasteiger partial charge in [-0.3, -0.25) is 0 Å².